The van der Waals surface area contributed by atoms with Crippen molar-refractivity contribution in [2.24, 2.45) is 0 Å². The quantitative estimate of drug-likeness (QED) is 0.524. The van der Waals surface area contributed by atoms with Gasteiger partial charge in [-0.15, -0.1) is 0 Å². The molecular formula is C8H17N. The van der Waals surface area contributed by atoms with Gasteiger partial charge in [-0.25, -0.2) is 0 Å². The number of nitrogens with one attached hydrogen (secondary N) is 1. The van der Waals surface area contributed by atoms with Gasteiger partial charge in [0.25, 0.3) is 0 Å². The molecule has 1 heteroatoms. The Morgan fingerprint density at radius 3 is 1.89 bits per heavy atom. The highest BCUT2D eigenvalue weighted by Gasteiger charge is 2.10. The summed E-state index contributed by atoms with van der Waals surface area (Å²) < 4.78 is 0. The van der Waals surface area contributed by atoms with E-state index in [1.807, 2.05) is 0 Å². The molecule has 1 saturated heterocycles. The fourth-order valence-corrected chi connectivity index (χ4v) is 1.55. The summed E-state index contributed by atoms with van der Waals surface area (Å²) in [5, 5.41) is 3.54. The molecule has 1 nitrogen and oxygen atoms in total. The second-order valence-corrected chi connectivity index (χ2v) is 3.25. The molecule has 9 heavy (non-hydrogen) atoms. The molecule has 0 bridgehead atoms. The van der Waals surface area contributed by atoms with Gasteiger partial charge >= 0.3 is 0 Å². The lowest BCUT2D eigenvalue weighted by Gasteiger charge is -2.13. The molecule has 1 heterocycles. The van der Waals surface area contributed by atoms with Crippen molar-refractivity contribution in [1.29, 1.82) is 0 Å². The first-order chi connectivity index (χ1) is 4.29. The van der Waals surface area contributed by atoms with E-state index in [4.69, 9.17) is 0 Å². The van der Waals surface area contributed by atoms with E-state index in [-0.39, 0.29) is 0 Å². The summed E-state index contributed by atoms with van der Waals surface area (Å²) in [6.07, 6.45) is 5.56. The third kappa shape index (κ3) is 2.35. The first-order valence-corrected chi connectivity index (χ1v) is 4.05. The molecule has 0 aliphatic carbocycles. The minimum Gasteiger partial charge on any atom is -0.312 e. The number of rotatable bonds is 0. The van der Waals surface area contributed by atoms with Gasteiger partial charge in [-0.1, -0.05) is 12.8 Å². The fraction of sp³-hybridized carbons (Fsp3) is 1.00. The van der Waals surface area contributed by atoms with Crippen LogP contribution in [-0.4, -0.2) is 12.1 Å². The van der Waals surface area contributed by atoms with Gasteiger partial charge in [0.2, 0.25) is 0 Å². The monoisotopic (exact) mass is 127 g/mol. The van der Waals surface area contributed by atoms with Gasteiger partial charge in [0, 0.05) is 12.1 Å². The number of hydrogen-bond donors (Lipinski definition) is 1. The highest BCUT2D eigenvalue weighted by molar-refractivity contribution is 4.71. The van der Waals surface area contributed by atoms with Crippen molar-refractivity contribution in [2.75, 3.05) is 0 Å². The lowest BCUT2D eigenvalue weighted by atomic mass is 10.1. The Hall–Kier alpha value is -0.0400. The van der Waals surface area contributed by atoms with Gasteiger partial charge < -0.3 is 5.32 Å². The van der Waals surface area contributed by atoms with Crippen LogP contribution in [0.4, 0.5) is 0 Å². The van der Waals surface area contributed by atoms with Crippen LogP contribution in [0.3, 0.4) is 0 Å². The van der Waals surface area contributed by atoms with Crippen LogP contribution in [-0.2, 0) is 0 Å². The lowest BCUT2D eigenvalue weighted by molar-refractivity contribution is 0.475. The zero-order valence-electron chi connectivity index (χ0n) is 6.48. The molecule has 1 aliphatic heterocycles. The molecular weight excluding hydrogens is 110 g/mol. The smallest absolute Gasteiger partial charge is 0.00412 e. The van der Waals surface area contributed by atoms with E-state index >= 15 is 0 Å². The maximum Gasteiger partial charge on any atom is 0.00412 e. The molecule has 0 aromatic rings. The zero-order valence-corrected chi connectivity index (χ0v) is 6.48. The first kappa shape index (κ1) is 7.07. The topological polar surface area (TPSA) is 12.0 Å². The van der Waals surface area contributed by atoms with E-state index in [1.54, 1.807) is 0 Å². The van der Waals surface area contributed by atoms with Crippen molar-refractivity contribution < 1.29 is 0 Å². The van der Waals surface area contributed by atoms with Crippen LogP contribution in [0.5, 0.6) is 0 Å². The van der Waals surface area contributed by atoms with Gasteiger partial charge in [0.15, 0.2) is 0 Å². The molecule has 1 fully saturated rings. The highest BCUT2D eigenvalue weighted by atomic mass is 14.9. The molecule has 0 aromatic heterocycles. The Bertz CT molecular complexity index is 70.6. The number of hydrogen-bond acceptors (Lipinski definition) is 1. The average molecular weight is 127 g/mol. The summed E-state index contributed by atoms with van der Waals surface area (Å²) in [7, 11) is 0. The standard InChI is InChI=1S/C8H17N/c1-7-5-3-4-6-8(2)9-7/h7-9H,3-6H2,1-2H3. The Labute approximate surface area is 57.8 Å². The molecule has 0 amide bonds. The second kappa shape index (κ2) is 3.21. The predicted molar refractivity (Wildman–Crippen MR) is 40.5 cm³/mol. The lowest BCUT2D eigenvalue weighted by Crippen LogP contribution is -2.32. The van der Waals surface area contributed by atoms with E-state index in [1.165, 1.54) is 25.7 Å². The Morgan fingerprint density at radius 1 is 1.00 bits per heavy atom. The van der Waals surface area contributed by atoms with Crippen LogP contribution in [0.15, 0.2) is 0 Å². The van der Waals surface area contributed by atoms with Crippen molar-refractivity contribution in [2.45, 2.75) is 51.6 Å². The predicted octanol–water partition coefficient (Wildman–Crippen LogP) is 1.93. The third-order valence-corrected chi connectivity index (χ3v) is 2.09. The van der Waals surface area contributed by atoms with E-state index < -0.39 is 0 Å². The van der Waals surface area contributed by atoms with E-state index in [9.17, 15) is 0 Å². The molecule has 1 rings (SSSR count). The van der Waals surface area contributed by atoms with Crippen LogP contribution < -0.4 is 5.32 Å². The largest absolute Gasteiger partial charge is 0.312 e. The second-order valence-electron chi connectivity index (χ2n) is 3.25. The van der Waals surface area contributed by atoms with Gasteiger partial charge in [-0.05, 0) is 26.7 Å². The third-order valence-electron chi connectivity index (χ3n) is 2.09. The summed E-state index contributed by atoms with van der Waals surface area (Å²) in [4.78, 5) is 0. The van der Waals surface area contributed by atoms with Crippen molar-refractivity contribution in [3.63, 3.8) is 0 Å². The van der Waals surface area contributed by atoms with Crippen LogP contribution in [0, 0.1) is 0 Å². The molecule has 2 atom stereocenters. The summed E-state index contributed by atoms with van der Waals surface area (Å²) in [5.41, 5.74) is 0. The van der Waals surface area contributed by atoms with Gasteiger partial charge in [0.1, 0.15) is 0 Å². The van der Waals surface area contributed by atoms with Gasteiger partial charge in [-0.3, -0.25) is 0 Å². The van der Waals surface area contributed by atoms with Crippen molar-refractivity contribution >= 4 is 0 Å². The summed E-state index contributed by atoms with van der Waals surface area (Å²) in [6, 6.07) is 1.50. The summed E-state index contributed by atoms with van der Waals surface area (Å²) in [6.45, 7) is 4.56. The molecule has 0 spiro atoms. The van der Waals surface area contributed by atoms with E-state index in [0.717, 1.165) is 12.1 Å². The summed E-state index contributed by atoms with van der Waals surface area (Å²) in [5.74, 6) is 0. The van der Waals surface area contributed by atoms with Crippen LogP contribution >= 0.6 is 0 Å². The molecule has 1 N–H and O–H groups in total. The minimum absolute atomic E-state index is 0.752. The van der Waals surface area contributed by atoms with Crippen molar-refractivity contribution in [1.82, 2.24) is 5.32 Å². The average Bonchev–Trinajstić information content (AvgIpc) is 1.93. The Kier molecular flexibility index (Phi) is 2.52. The molecule has 0 radical (unpaired) electrons. The fourth-order valence-electron chi connectivity index (χ4n) is 1.55. The molecule has 0 saturated carbocycles. The van der Waals surface area contributed by atoms with Crippen molar-refractivity contribution in [3.05, 3.63) is 0 Å². The normalized spacial score (nSPS) is 38.0. The maximum atomic E-state index is 3.54. The van der Waals surface area contributed by atoms with Crippen LogP contribution in [0.25, 0.3) is 0 Å². The zero-order chi connectivity index (χ0) is 6.69. The van der Waals surface area contributed by atoms with E-state index in [0.29, 0.717) is 0 Å². The SMILES string of the molecule is CC1CCCCC(C)N1. The highest BCUT2D eigenvalue weighted by Crippen LogP contribution is 2.11. The molecule has 0 aromatic carbocycles. The first-order valence-electron chi connectivity index (χ1n) is 4.05. The van der Waals surface area contributed by atoms with E-state index in [2.05, 4.69) is 19.2 Å². The van der Waals surface area contributed by atoms with Gasteiger partial charge in [-0.2, -0.15) is 0 Å². The summed E-state index contributed by atoms with van der Waals surface area (Å²) >= 11 is 0. The van der Waals surface area contributed by atoms with Crippen LogP contribution in [0.1, 0.15) is 39.5 Å². The maximum absolute atomic E-state index is 3.54. The molecule has 1 aliphatic rings. The Balaban J connectivity index is 2.29. The molecule has 2 unspecified atom stereocenters. The van der Waals surface area contributed by atoms with Gasteiger partial charge in [0.05, 0.1) is 0 Å². The minimum atomic E-state index is 0.752. The van der Waals surface area contributed by atoms with Crippen LogP contribution in [0.2, 0.25) is 0 Å². The Morgan fingerprint density at radius 2 is 1.44 bits per heavy atom. The van der Waals surface area contributed by atoms with Crippen molar-refractivity contribution in [3.8, 4) is 0 Å². The molecule has 54 valence electrons.